The number of para-hydroxylation sites is 1. The highest BCUT2D eigenvalue weighted by atomic mass is 15.1. The molecule has 23 heavy (non-hydrogen) atoms. The van der Waals surface area contributed by atoms with E-state index >= 15 is 0 Å². The minimum atomic E-state index is 0.775. The maximum absolute atomic E-state index is 4.22. The highest BCUT2D eigenvalue weighted by molar-refractivity contribution is 5.83. The zero-order valence-electron chi connectivity index (χ0n) is 14.0. The zero-order chi connectivity index (χ0) is 15.8. The van der Waals surface area contributed by atoms with E-state index in [2.05, 4.69) is 60.0 Å². The van der Waals surface area contributed by atoms with Crippen LogP contribution in [0, 0.1) is 11.8 Å². The minimum absolute atomic E-state index is 0.775. The number of nitrogens with one attached hydrogen (secondary N) is 1. The SMILES string of the molecule is C=C(C)C1=CN(CCc2c[nH]c3ccccc23)CC2CCCC12. The number of fused-ring (bicyclic) bond motifs is 2. The van der Waals surface area contributed by atoms with Crippen LogP contribution in [0.2, 0.25) is 0 Å². The summed E-state index contributed by atoms with van der Waals surface area (Å²) in [7, 11) is 0. The van der Waals surface area contributed by atoms with Gasteiger partial charge in [-0.1, -0.05) is 36.8 Å². The van der Waals surface area contributed by atoms with E-state index in [1.165, 1.54) is 53.4 Å². The fraction of sp³-hybridized carbons (Fsp3) is 0.429. The number of nitrogens with zero attached hydrogens (tertiary/aromatic N) is 1. The van der Waals surface area contributed by atoms with Crippen LogP contribution < -0.4 is 0 Å². The number of H-pyrrole nitrogens is 1. The van der Waals surface area contributed by atoms with E-state index < -0.39 is 0 Å². The van der Waals surface area contributed by atoms with Crippen LogP contribution in [0.4, 0.5) is 0 Å². The molecule has 0 bridgehead atoms. The van der Waals surface area contributed by atoms with Gasteiger partial charge in [0.2, 0.25) is 0 Å². The van der Waals surface area contributed by atoms with Crippen LogP contribution in [0.15, 0.2) is 54.4 Å². The maximum atomic E-state index is 4.22. The van der Waals surface area contributed by atoms with Crippen LogP contribution in [0.3, 0.4) is 0 Å². The van der Waals surface area contributed by atoms with Crippen LogP contribution in [0.25, 0.3) is 10.9 Å². The highest BCUT2D eigenvalue weighted by Gasteiger charge is 2.34. The summed E-state index contributed by atoms with van der Waals surface area (Å²) in [5.41, 5.74) is 5.45. The smallest absolute Gasteiger partial charge is 0.0456 e. The van der Waals surface area contributed by atoms with E-state index in [-0.39, 0.29) is 0 Å². The maximum Gasteiger partial charge on any atom is 0.0456 e. The Morgan fingerprint density at radius 3 is 3.04 bits per heavy atom. The predicted octanol–water partition coefficient (Wildman–Crippen LogP) is 4.90. The lowest BCUT2D eigenvalue weighted by atomic mass is 9.83. The Labute approximate surface area is 138 Å². The van der Waals surface area contributed by atoms with Crippen molar-refractivity contribution in [2.24, 2.45) is 11.8 Å². The molecule has 1 aromatic heterocycles. The van der Waals surface area contributed by atoms with Gasteiger partial charge in [-0.2, -0.15) is 0 Å². The highest BCUT2D eigenvalue weighted by Crippen LogP contribution is 2.42. The summed E-state index contributed by atoms with van der Waals surface area (Å²) in [4.78, 5) is 5.93. The first-order valence-electron chi connectivity index (χ1n) is 8.89. The lowest BCUT2D eigenvalue weighted by Crippen LogP contribution is -2.34. The molecule has 0 saturated heterocycles. The summed E-state index contributed by atoms with van der Waals surface area (Å²) in [6.45, 7) is 8.72. The summed E-state index contributed by atoms with van der Waals surface area (Å²) >= 11 is 0. The topological polar surface area (TPSA) is 19.0 Å². The van der Waals surface area contributed by atoms with Crippen molar-refractivity contribution in [3.05, 3.63) is 60.0 Å². The predicted molar refractivity (Wildman–Crippen MR) is 97.3 cm³/mol. The molecule has 2 nitrogen and oxygen atoms in total. The second-order valence-electron chi connectivity index (χ2n) is 7.27. The Bertz CT molecular complexity index is 752. The van der Waals surface area contributed by atoms with Crippen LogP contribution in [-0.4, -0.2) is 23.0 Å². The van der Waals surface area contributed by atoms with Crippen molar-refractivity contribution in [2.45, 2.75) is 32.6 Å². The lowest BCUT2D eigenvalue weighted by molar-refractivity contribution is 0.254. The van der Waals surface area contributed by atoms with Gasteiger partial charge in [-0.15, -0.1) is 0 Å². The second kappa shape index (κ2) is 5.92. The lowest BCUT2D eigenvalue weighted by Gasteiger charge is -2.35. The quantitative estimate of drug-likeness (QED) is 0.851. The zero-order valence-corrected chi connectivity index (χ0v) is 14.0. The Balaban J connectivity index is 1.51. The first-order chi connectivity index (χ1) is 11.2. The summed E-state index contributed by atoms with van der Waals surface area (Å²) < 4.78 is 0. The van der Waals surface area contributed by atoms with E-state index in [0.717, 1.165) is 24.8 Å². The number of benzene rings is 1. The molecule has 2 heteroatoms. The monoisotopic (exact) mass is 306 g/mol. The molecular formula is C21H26N2. The van der Waals surface area contributed by atoms with Gasteiger partial charge in [0.1, 0.15) is 0 Å². The molecule has 1 aliphatic carbocycles. The van der Waals surface area contributed by atoms with Gasteiger partial charge in [0.05, 0.1) is 0 Å². The number of hydrogen-bond acceptors (Lipinski definition) is 1. The van der Waals surface area contributed by atoms with Gasteiger partial charge in [0.15, 0.2) is 0 Å². The Kier molecular flexibility index (Phi) is 3.76. The van der Waals surface area contributed by atoms with E-state index in [9.17, 15) is 0 Å². The van der Waals surface area contributed by atoms with Crippen molar-refractivity contribution in [2.75, 3.05) is 13.1 Å². The first kappa shape index (κ1) is 14.6. The van der Waals surface area contributed by atoms with E-state index in [1.807, 2.05) is 0 Å². The molecule has 0 amide bonds. The van der Waals surface area contributed by atoms with Crippen molar-refractivity contribution >= 4 is 10.9 Å². The molecule has 2 unspecified atom stereocenters. The minimum Gasteiger partial charge on any atom is -0.376 e. The second-order valence-corrected chi connectivity index (χ2v) is 7.27. The van der Waals surface area contributed by atoms with Gasteiger partial charge in [-0.05, 0) is 55.2 Å². The average molecular weight is 306 g/mol. The van der Waals surface area contributed by atoms with Crippen LogP contribution in [0.5, 0.6) is 0 Å². The number of rotatable bonds is 4. The van der Waals surface area contributed by atoms with Gasteiger partial charge in [0.25, 0.3) is 0 Å². The molecule has 2 aromatic rings. The van der Waals surface area contributed by atoms with Gasteiger partial charge < -0.3 is 9.88 Å². The number of allylic oxidation sites excluding steroid dienone is 2. The molecule has 1 fully saturated rings. The molecule has 2 atom stereocenters. The van der Waals surface area contributed by atoms with E-state index in [0.29, 0.717) is 0 Å². The third kappa shape index (κ3) is 2.71. The van der Waals surface area contributed by atoms with Gasteiger partial charge in [0, 0.05) is 36.4 Å². The molecule has 1 aromatic carbocycles. The number of hydrogen-bond donors (Lipinski definition) is 1. The third-order valence-electron chi connectivity index (χ3n) is 5.69. The van der Waals surface area contributed by atoms with Crippen molar-refractivity contribution in [3.63, 3.8) is 0 Å². The third-order valence-corrected chi connectivity index (χ3v) is 5.69. The summed E-state index contributed by atoms with van der Waals surface area (Å²) in [6.07, 6.45) is 9.82. The van der Waals surface area contributed by atoms with Gasteiger partial charge >= 0.3 is 0 Å². The van der Waals surface area contributed by atoms with Gasteiger partial charge in [-0.25, -0.2) is 0 Å². The van der Waals surface area contributed by atoms with Crippen LogP contribution >= 0.6 is 0 Å². The Hall–Kier alpha value is -1.96. The molecule has 0 radical (unpaired) electrons. The molecule has 4 rings (SSSR count). The molecule has 2 aliphatic rings. The van der Waals surface area contributed by atoms with Crippen molar-refractivity contribution in [1.82, 2.24) is 9.88 Å². The fourth-order valence-corrected chi connectivity index (χ4v) is 4.50. The molecule has 1 N–H and O–H groups in total. The molecule has 0 spiro atoms. The van der Waals surface area contributed by atoms with Gasteiger partial charge in [-0.3, -0.25) is 0 Å². The largest absolute Gasteiger partial charge is 0.376 e. The average Bonchev–Trinajstić information content (AvgIpc) is 3.18. The Morgan fingerprint density at radius 2 is 2.17 bits per heavy atom. The standard InChI is InChI=1S/C21H26N2/c1-15(2)20-14-23(13-17-6-5-8-18(17)20)11-10-16-12-22-21-9-4-3-7-19(16)21/h3-4,7,9,12,14,17-18,22H,1,5-6,8,10-11,13H2,2H3. The molecule has 1 saturated carbocycles. The normalized spacial score (nSPS) is 23.9. The van der Waals surface area contributed by atoms with Crippen molar-refractivity contribution in [1.29, 1.82) is 0 Å². The summed E-state index contributed by atoms with van der Waals surface area (Å²) in [6, 6.07) is 8.60. The summed E-state index contributed by atoms with van der Waals surface area (Å²) in [5, 5.41) is 1.37. The molecule has 2 heterocycles. The van der Waals surface area contributed by atoms with Crippen molar-refractivity contribution < 1.29 is 0 Å². The first-order valence-corrected chi connectivity index (χ1v) is 8.89. The van der Waals surface area contributed by atoms with Crippen LogP contribution in [-0.2, 0) is 6.42 Å². The summed E-state index contributed by atoms with van der Waals surface area (Å²) in [5.74, 6) is 1.62. The Morgan fingerprint density at radius 1 is 1.30 bits per heavy atom. The molecule has 1 aliphatic heterocycles. The molecular weight excluding hydrogens is 280 g/mol. The van der Waals surface area contributed by atoms with Crippen molar-refractivity contribution in [3.8, 4) is 0 Å². The van der Waals surface area contributed by atoms with E-state index in [4.69, 9.17) is 0 Å². The van der Waals surface area contributed by atoms with E-state index in [1.54, 1.807) is 0 Å². The molecule has 120 valence electrons. The number of aromatic nitrogens is 1. The number of aromatic amines is 1. The fourth-order valence-electron chi connectivity index (χ4n) is 4.50. The van der Waals surface area contributed by atoms with Crippen LogP contribution in [0.1, 0.15) is 31.7 Å².